The van der Waals surface area contributed by atoms with Crippen LogP contribution in [0.25, 0.3) is 11.1 Å². The van der Waals surface area contributed by atoms with Crippen LogP contribution in [-0.4, -0.2) is 12.1 Å². The second-order valence-electron chi connectivity index (χ2n) is 4.98. The van der Waals surface area contributed by atoms with Crippen LogP contribution >= 0.6 is 23.7 Å². The van der Waals surface area contributed by atoms with Crippen LogP contribution in [0.4, 0.5) is 11.4 Å². The highest BCUT2D eigenvalue weighted by Crippen LogP contribution is 2.23. The summed E-state index contributed by atoms with van der Waals surface area (Å²) >= 11 is 7.22. The van der Waals surface area contributed by atoms with Gasteiger partial charge in [0.2, 0.25) is 0 Å². The van der Waals surface area contributed by atoms with Gasteiger partial charge < -0.3 is 14.2 Å². The first kappa shape index (κ1) is 16.5. The van der Waals surface area contributed by atoms with Gasteiger partial charge >= 0.3 is 0 Å². The summed E-state index contributed by atoms with van der Waals surface area (Å²) in [6.07, 6.45) is 1.77. The Bertz CT molecular complexity index is 777. The van der Waals surface area contributed by atoms with E-state index in [2.05, 4.69) is 14.4 Å². The van der Waals surface area contributed by atoms with Crippen LogP contribution in [0.1, 0.15) is 0 Å². The Labute approximate surface area is 150 Å². The molecule has 1 aromatic heterocycles. The first-order valence-corrected chi connectivity index (χ1v) is 8.48. The van der Waals surface area contributed by atoms with E-state index in [0.717, 1.165) is 28.3 Å². The summed E-state index contributed by atoms with van der Waals surface area (Å²) in [5.74, 6) is 0.839. The van der Waals surface area contributed by atoms with Crippen molar-refractivity contribution in [1.29, 1.82) is 0 Å². The second kappa shape index (κ2) is 7.95. The lowest BCUT2D eigenvalue weighted by molar-refractivity contribution is 0.415. The van der Waals surface area contributed by atoms with Gasteiger partial charge in [0.25, 0.3) is 0 Å². The van der Waals surface area contributed by atoms with E-state index >= 15 is 0 Å². The highest BCUT2D eigenvalue weighted by atomic mass is 35.5. The molecule has 0 atom stereocenters. The highest BCUT2D eigenvalue weighted by Gasteiger charge is 2.00. The number of anilines is 2. The fourth-order valence-electron chi connectivity index (χ4n) is 2.08. The van der Waals surface area contributed by atoms with Crippen molar-refractivity contribution in [1.82, 2.24) is 4.98 Å². The van der Waals surface area contributed by atoms with Gasteiger partial charge in [-0.15, -0.1) is 0 Å². The van der Waals surface area contributed by atoms with Crippen molar-refractivity contribution >= 4 is 35.1 Å². The smallest absolute Gasteiger partial charge is 0.129 e. The lowest BCUT2D eigenvalue weighted by Crippen LogP contribution is -1.94. The lowest BCUT2D eigenvalue weighted by Gasteiger charge is -2.09. The summed E-state index contributed by atoms with van der Waals surface area (Å²) in [7, 11) is 1.66. The molecule has 2 N–H and O–H groups in total. The summed E-state index contributed by atoms with van der Waals surface area (Å²) in [6, 6.07) is 19.6. The monoisotopic (exact) mass is 357 g/mol. The van der Waals surface area contributed by atoms with E-state index in [-0.39, 0.29) is 0 Å². The van der Waals surface area contributed by atoms with Crippen LogP contribution in [0.3, 0.4) is 0 Å². The zero-order valence-electron chi connectivity index (χ0n) is 13.0. The minimum atomic E-state index is 0.498. The molecule has 0 saturated carbocycles. The van der Waals surface area contributed by atoms with Gasteiger partial charge in [-0.1, -0.05) is 23.7 Å². The molecule has 24 heavy (non-hydrogen) atoms. The third kappa shape index (κ3) is 4.34. The number of ether oxygens (including phenoxy) is 1. The third-order valence-corrected chi connectivity index (χ3v) is 4.27. The van der Waals surface area contributed by atoms with Crippen LogP contribution in [0.15, 0.2) is 66.9 Å². The van der Waals surface area contributed by atoms with Gasteiger partial charge in [0.1, 0.15) is 10.9 Å². The molecule has 0 aliphatic rings. The fraction of sp³-hybridized carbons (Fsp3) is 0.0556. The number of nitrogens with one attached hydrogen (secondary N) is 2. The van der Waals surface area contributed by atoms with Gasteiger partial charge in [-0.2, -0.15) is 0 Å². The van der Waals surface area contributed by atoms with Gasteiger partial charge in [-0.25, -0.2) is 4.98 Å². The van der Waals surface area contributed by atoms with E-state index in [0.29, 0.717) is 5.15 Å². The molecule has 0 fully saturated rings. The van der Waals surface area contributed by atoms with Crippen molar-refractivity contribution in [3.05, 3.63) is 72.0 Å². The van der Waals surface area contributed by atoms with Gasteiger partial charge in [0, 0.05) is 23.1 Å². The minimum absolute atomic E-state index is 0.498. The van der Waals surface area contributed by atoms with Crippen LogP contribution in [0.5, 0.6) is 5.75 Å². The first-order chi connectivity index (χ1) is 11.7. The molecule has 3 rings (SSSR count). The average Bonchev–Trinajstić information content (AvgIpc) is 2.64. The van der Waals surface area contributed by atoms with Crippen LogP contribution in [-0.2, 0) is 0 Å². The molecule has 0 amide bonds. The van der Waals surface area contributed by atoms with Crippen LogP contribution in [0.2, 0.25) is 5.15 Å². The number of pyridine rings is 1. The molecule has 0 saturated heterocycles. The largest absolute Gasteiger partial charge is 0.497 e. The van der Waals surface area contributed by atoms with E-state index in [9.17, 15) is 0 Å². The van der Waals surface area contributed by atoms with E-state index in [1.807, 2.05) is 54.6 Å². The standard InChI is InChI=1S/C18H16ClN3OS/c1-23-17-9-7-16(8-10-17)22-24-21-15-5-2-13(3-6-15)14-4-11-18(19)20-12-14/h2-12,21-22H,1H3. The molecule has 0 radical (unpaired) electrons. The molecule has 1 heterocycles. The molecule has 0 spiro atoms. The molecule has 0 aliphatic carbocycles. The summed E-state index contributed by atoms with van der Waals surface area (Å²) in [4.78, 5) is 4.10. The topological polar surface area (TPSA) is 46.2 Å². The Morgan fingerprint density at radius 3 is 1.96 bits per heavy atom. The summed E-state index contributed by atoms with van der Waals surface area (Å²) in [6.45, 7) is 0. The number of methoxy groups -OCH3 is 1. The quantitative estimate of drug-likeness (QED) is 0.450. The Morgan fingerprint density at radius 1 is 0.833 bits per heavy atom. The van der Waals surface area contributed by atoms with Crippen molar-refractivity contribution in [2.24, 2.45) is 0 Å². The normalized spacial score (nSPS) is 10.2. The van der Waals surface area contributed by atoms with Crippen molar-refractivity contribution < 1.29 is 4.74 Å². The van der Waals surface area contributed by atoms with Gasteiger partial charge in [0.15, 0.2) is 0 Å². The highest BCUT2D eigenvalue weighted by molar-refractivity contribution is 8.01. The number of nitrogens with zero attached hydrogens (tertiary/aromatic N) is 1. The van der Waals surface area contributed by atoms with E-state index in [1.165, 1.54) is 12.1 Å². The third-order valence-electron chi connectivity index (χ3n) is 3.37. The molecular weight excluding hydrogens is 342 g/mol. The second-order valence-corrected chi connectivity index (χ2v) is 5.98. The van der Waals surface area contributed by atoms with E-state index in [4.69, 9.17) is 16.3 Å². The Balaban J connectivity index is 1.55. The SMILES string of the molecule is COc1ccc(NSNc2ccc(-c3ccc(Cl)nc3)cc2)cc1. The molecule has 4 nitrogen and oxygen atoms in total. The molecule has 122 valence electrons. The number of hydrogen-bond donors (Lipinski definition) is 2. The molecule has 0 unspecified atom stereocenters. The molecule has 6 heteroatoms. The van der Waals surface area contributed by atoms with Gasteiger partial charge in [0.05, 0.1) is 19.2 Å². The summed E-state index contributed by atoms with van der Waals surface area (Å²) in [5.41, 5.74) is 4.14. The minimum Gasteiger partial charge on any atom is -0.497 e. The molecule has 3 aromatic rings. The van der Waals surface area contributed by atoms with Crippen molar-refractivity contribution in [3.8, 4) is 16.9 Å². The molecule has 0 aliphatic heterocycles. The van der Waals surface area contributed by atoms with Crippen LogP contribution in [0, 0.1) is 0 Å². The number of benzene rings is 2. The maximum atomic E-state index is 5.81. The Morgan fingerprint density at radius 2 is 1.42 bits per heavy atom. The molecule has 2 aromatic carbocycles. The van der Waals surface area contributed by atoms with Gasteiger partial charge in [-0.3, -0.25) is 0 Å². The number of halogens is 1. The summed E-state index contributed by atoms with van der Waals surface area (Å²) in [5, 5.41) is 0.498. The van der Waals surface area contributed by atoms with Crippen molar-refractivity contribution in [3.63, 3.8) is 0 Å². The lowest BCUT2D eigenvalue weighted by atomic mass is 10.1. The number of aromatic nitrogens is 1. The number of rotatable bonds is 6. The fourth-order valence-corrected chi connectivity index (χ4v) is 2.75. The predicted molar refractivity (Wildman–Crippen MR) is 103 cm³/mol. The summed E-state index contributed by atoms with van der Waals surface area (Å²) < 4.78 is 11.6. The zero-order valence-corrected chi connectivity index (χ0v) is 14.6. The van der Waals surface area contributed by atoms with Crippen LogP contribution < -0.4 is 14.2 Å². The van der Waals surface area contributed by atoms with E-state index < -0.39 is 0 Å². The molecule has 0 bridgehead atoms. The Kier molecular flexibility index (Phi) is 5.46. The average molecular weight is 358 g/mol. The zero-order chi connectivity index (χ0) is 16.8. The van der Waals surface area contributed by atoms with Gasteiger partial charge in [-0.05, 0) is 54.1 Å². The van der Waals surface area contributed by atoms with E-state index in [1.54, 1.807) is 19.4 Å². The van der Waals surface area contributed by atoms with Crippen molar-refractivity contribution in [2.75, 3.05) is 16.6 Å². The maximum absolute atomic E-state index is 5.81. The van der Waals surface area contributed by atoms with Crippen molar-refractivity contribution in [2.45, 2.75) is 0 Å². The molecular formula is C18H16ClN3OS. The first-order valence-electron chi connectivity index (χ1n) is 7.28. The maximum Gasteiger partial charge on any atom is 0.129 e. The Hall–Kier alpha value is -2.37. The predicted octanol–water partition coefficient (Wildman–Crippen LogP) is 5.50. The number of hydrogen-bond acceptors (Lipinski definition) is 5.